The molecule has 1 unspecified atom stereocenters. The number of hydrogen-bond acceptors (Lipinski definition) is 0. The normalized spacial score (nSPS) is 12.5. The molecule has 0 radical (unpaired) electrons. The summed E-state index contributed by atoms with van der Waals surface area (Å²) in [6.45, 7) is 1.59. The Morgan fingerprint density at radius 3 is 2.21 bits per heavy atom. The zero-order valence-electron chi connectivity index (χ0n) is 9.85. The van der Waals surface area contributed by atoms with Crippen molar-refractivity contribution in [2.45, 2.75) is 12.3 Å². The molecule has 5 heteroatoms. The summed E-state index contributed by atoms with van der Waals surface area (Å²) in [5.41, 5.74) is 1.23. The summed E-state index contributed by atoms with van der Waals surface area (Å²) in [5, 5.41) is -0.747. The highest BCUT2D eigenvalue weighted by atomic mass is 35.5. The van der Waals surface area contributed by atoms with Gasteiger partial charge in [-0.05, 0) is 41.8 Å². The van der Waals surface area contributed by atoms with Crippen LogP contribution in [0.3, 0.4) is 0 Å². The molecule has 100 valence electrons. The van der Waals surface area contributed by atoms with Crippen molar-refractivity contribution in [3.63, 3.8) is 0 Å². The Kier molecular flexibility index (Phi) is 4.07. The van der Waals surface area contributed by atoms with Gasteiger partial charge in [0.2, 0.25) is 0 Å². The molecular formula is C14H9Cl2F3. The third kappa shape index (κ3) is 2.88. The van der Waals surface area contributed by atoms with E-state index in [0.29, 0.717) is 11.1 Å². The van der Waals surface area contributed by atoms with Crippen molar-refractivity contribution in [1.29, 1.82) is 0 Å². The Balaban J connectivity index is 2.46. The lowest BCUT2D eigenvalue weighted by Crippen LogP contribution is -1.98. The molecule has 0 aliphatic rings. The van der Waals surface area contributed by atoms with Crippen molar-refractivity contribution in [3.05, 3.63) is 69.5 Å². The van der Waals surface area contributed by atoms with E-state index in [1.807, 2.05) is 0 Å². The lowest BCUT2D eigenvalue weighted by molar-refractivity contribution is 0.507. The van der Waals surface area contributed by atoms with E-state index < -0.39 is 17.0 Å². The molecule has 0 heterocycles. The van der Waals surface area contributed by atoms with E-state index in [1.54, 1.807) is 13.0 Å². The van der Waals surface area contributed by atoms with E-state index in [-0.39, 0.29) is 16.4 Å². The predicted molar refractivity (Wildman–Crippen MR) is 70.2 cm³/mol. The van der Waals surface area contributed by atoms with Gasteiger partial charge < -0.3 is 0 Å². The summed E-state index contributed by atoms with van der Waals surface area (Å²) in [6, 6.07) is 6.13. The second-order valence-electron chi connectivity index (χ2n) is 4.16. The number of alkyl halides is 1. The number of aryl methyl sites for hydroxylation is 1. The molecule has 0 saturated carbocycles. The number of rotatable bonds is 2. The van der Waals surface area contributed by atoms with Gasteiger partial charge in [-0.2, -0.15) is 0 Å². The standard InChI is InChI=1S/C14H9Cl2F3/c1-7-4-8(2-3-11(7)17)14(16)9-5-12(18)13(19)6-10(9)15/h2-6,14H,1H3. The number of halogens is 5. The van der Waals surface area contributed by atoms with E-state index in [4.69, 9.17) is 23.2 Å². The lowest BCUT2D eigenvalue weighted by Gasteiger charge is -2.13. The van der Waals surface area contributed by atoms with Crippen LogP contribution in [-0.4, -0.2) is 0 Å². The zero-order valence-corrected chi connectivity index (χ0v) is 11.4. The summed E-state index contributed by atoms with van der Waals surface area (Å²) >= 11 is 12.0. The third-order valence-corrected chi connectivity index (χ3v) is 3.60. The third-order valence-electron chi connectivity index (χ3n) is 2.79. The number of benzene rings is 2. The van der Waals surface area contributed by atoms with Gasteiger partial charge in [0.25, 0.3) is 0 Å². The van der Waals surface area contributed by atoms with Crippen molar-refractivity contribution in [3.8, 4) is 0 Å². The maximum absolute atomic E-state index is 13.2. The van der Waals surface area contributed by atoms with Crippen molar-refractivity contribution >= 4 is 23.2 Å². The molecular weight excluding hydrogens is 296 g/mol. The van der Waals surface area contributed by atoms with Crippen LogP contribution in [0.2, 0.25) is 5.02 Å². The van der Waals surface area contributed by atoms with Crippen LogP contribution in [-0.2, 0) is 0 Å². The quantitative estimate of drug-likeness (QED) is 0.515. The van der Waals surface area contributed by atoms with Crippen molar-refractivity contribution in [2.24, 2.45) is 0 Å². The molecule has 0 amide bonds. The van der Waals surface area contributed by atoms with Gasteiger partial charge in [-0.25, -0.2) is 13.2 Å². The van der Waals surface area contributed by atoms with Gasteiger partial charge in [0.1, 0.15) is 5.82 Å². The van der Waals surface area contributed by atoms with Gasteiger partial charge in [0.15, 0.2) is 11.6 Å². The Bertz CT molecular complexity index is 626. The maximum atomic E-state index is 13.2. The highest BCUT2D eigenvalue weighted by molar-refractivity contribution is 6.33. The molecule has 0 saturated heterocycles. The van der Waals surface area contributed by atoms with E-state index in [0.717, 1.165) is 12.1 Å². The fourth-order valence-corrected chi connectivity index (χ4v) is 2.37. The Morgan fingerprint density at radius 2 is 1.58 bits per heavy atom. The van der Waals surface area contributed by atoms with Crippen LogP contribution in [0.5, 0.6) is 0 Å². The zero-order chi connectivity index (χ0) is 14.2. The number of hydrogen-bond donors (Lipinski definition) is 0. The van der Waals surface area contributed by atoms with E-state index in [9.17, 15) is 13.2 Å². The van der Waals surface area contributed by atoms with Gasteiger partial charge in [-0.1, -0.05) is 23.7 Å². The average molecular weight is 305 g/mol. The minimum atomic E-state index is -1.03. The molecule has 0 N–H and O–H groups in total. The summed E-state index contributed by atoms with van der Waals surface area (Å²) in [5.74, 6) is -2.42. The predicted octanol–water partition coefficient (Wildman–Crippen LogP) is 5.39. The Labute approximate surface area is 118 Å². The topological polar surface area (TPSA) is 0 Å². The molecule has 1 atom stereocenters. The smallest absolute Gasteiger partial charge is 0.160 e. The Morgan fingerprint density at radius 1 is 0.947 bits per heavy atom. The summed E-state index contributed by atoms with van der Waals surface area (Å²) in [7, 11) is 0. The fraction of sp³-hybridized carbons (Fsp3) is 0.143. The van der Waals surface area contributed by atoms with E-state index in [1.165, 1.54) is 12.1 Å². The van der Waals surface area contributed by atoms with Gasteiger partial charge in [0, 0.05) is 5.02 Å². The van der Waals surface area contributed by atoms with Gasteiger partial charge in [0.05, 0.1) is 5.38 Å². The van der Waals surface area contributed by atoms with Crippen molar-refractivity contribution in [2.75, 3.05) is 0 Å². The first kappa shape index (κ1) is 14.2. The van der Waals surface area contributed by atoms with E-state index >= 15 is 0 Å². The van der Waals surface area contributed by atoms with Crippen LogP contribution in [0, 0.1) is 24.4 Å². The molecule has 2 rings (SSSR count). The second-order valence-corrected chi connectivity index (χ2v) is 5.00. The molecule has 0 aromatic heterocycles. The molecule has 0 aliphatic heterocycles. The Hall–Kier alpha value is -1.19. The molecule has 2 aromatic carbocycles. The summed E-state index contributed by atoms with van der Waals surface area (Å²) in [4.78, 5) is 0. The first-order chi connectivity index (χ1) is 8.90. The molecule has 0 aliphatic carbocycles. The van der Waals surface area contributed by atoms with Crippen molar-refractivity contribution in [1.82, 2.24) is 0 Å². The molecule has 2 aromatic rings. The summed E-state index contributed by atoms with van der Waals surface area (Å²) in [6.07, 6.45) is 0. The first-order valence-electron chi connectivity index (χ1n) is 5.44. The van der Waals surface area contributed by atoms with Crippen LogP contribution in [0.25, 0.3) is 0 Å². The largest absolute Gasteiger partial charge is 0.207 e. The summed E-state index contributed by atoms with van der Waals surface area (Å²) < 4.78 is 39.4. The average Bonchev–Trinajstić information content (AvgIpc) is 2.36. The van der Waals surface area contributed by atoms with Crippen LogP contribution in [0.1, 0.15) is 22.1 Å². The first-order valence-corrected chi connectivity index (χ1v) is 6.26. The van der Waals surface area contributed by atoms with Gasteiger partial charge in [-0.15, -0.1) is 11.6 Å². The van der Waals surface area contributed by atoms with Crippen LogP contribution in [0.15, 0.2) is 30.3 Å². The fourth-order valence-electron chi connectivity index (χ4n) is 1.74. The molecule has 0 nitrogen and oxygen atoms in total. The molecule has 0 bridgehead atoms. The van der Waals surface area contributed by atoms with Crippen LogP contribution >= 0.6 is 23.2 Å². The van der Waals surface area contributed by atoms with E-state index in [2.05, 4.69) is 0 Å². The second kappa shape index (κ2) is 5.43. The lowest BCUT2D eigenvalue weighted by atomic mass is 10.0. The van der Waals surface area contributed by atoms with Crippen LogP contribution in [0.4, 0.5) is 13.2 Å². The monoisotopic (exact) mass is 304 g/mol. The minimum absolute atomic E-state index is 0.0286. The minimum Gasteiger partial charge on any atom is -0.207 e. The van der Waals surface area contributed by atoms with Gasteiger partial charge >= 0.3 is 0 Å². The van der Waals surface area contributed by atoms with Crippen LogP contribution < -0.4 is 0 Å². The highest BCUT2D eigenvalue weighted by Crippen LogP contribution is 2.35. The van der Waals surface area contributed by atoms with Gasteiger partial charge in [-0.3, -0.25) is 0 Å². The maximum Gasteiger partial charge on any atom is 0.160 e. The molecule has 0 fully saturated rings. The SMILES string of the molecule is Cc1cc(C(Cl)c2cc(F)c(F)cc2Cl)ccc1F. The molecule has 0 spiro atoms. The highest BCUT2D eigenvalue weighted by Gasteiger charge is 2.18. The molecule has 19 heavy (non-hydrogen) atoms. The van der Waals surface area contributed by atoms with Crippen molar-refractivity contribution < 1.29 is 13.2 Å².